The first kappa shape index (κ1) is 9.92. The van der Waals surface area contributed by atoms with Crippen LogP contribution in [0, 0.1) is 5.92 Å². The fraction of sp³-hybridized carbons (Fsp3) is 0.400. The molecule has 0 radical (unpaired) electrons. The van der Waals surface area contributed by atoms with Crippen molar-refractivity contribution in [3.05, 3.63) is 18.5 Å². The molecule has 1 fully saturated rings. The number of aliphatic hydroxyl groups is 1. The molecule has 3 N–H and O–H groups in total. The average molecular weight is 207 g/mol. The molecular formula is C10H13N3O2. The fourth-order valence-corrected chi connectivity index (χ4v) is 1.78. The molecule has 1 amide bonds. The third-order valence-corrected chi connectivity index (χ3v) is 2.58. The van der Waals surface area contributed by atoms with Gasteiger partial charge in [-0.25, -0.2) is 0 Å². The molecular weight excluding hydrogens is 194 g/mol. The molecule has 5 nitrogen and oxygen atoms in total. The van der Waals surface area contributed by atoms with Gasteiger partial charge < -0.3 is 15.7 Å². The highest BCUT2D eigenvalue weighted by Crippen LogP contribution is 2.28. The number of hydrogen-bond acceptors (Lipinski definition) is 4. The molecule has 1 aliphatic heterocycles. The Morgan fingerprint density at radius 2 is 2.47 bits per heavy atom. The third kappa shape index (κ3) is 1.78. The number of carbonyl (C=O) groups excluding carboxylic acids is 1. The van der Waals surface area contributed by atoms with Gasteiger partial charge in [0.15, 0.2) is 0 Å². The lowest BCUT2D eigenvalue weighted by Gasteiger charge is -2.17. The van der Waals surface area contributed by atoms with E-state index in [9.17, 15) is 4.79 Å². The smallest absolute Gasteiger partial charge is 0.227 e. The number of amides is 1. The Balaban J connectivity index is 2.25. The van der Waals surface area contributed by atoms with Crippen molar-refractivity contribution < 1.29 is 9.90 Å². The molecule has 5 heteroatoms. The van der Waals surface area contributed by atoms with Crippen LogP contribution in [0.15, 0.2) is 18.5 Å². The summed E-state index contributed by atoms with van der Waals surface area (Å²) in [7, 11) is 0. The van der Waals surface area contributed by atoms with Crippen LogP contribution in [0.3, 0.4) is 0 Å². The summed E-state index contributed by atoms with van der Waals surface area (Å²) in [5.74, 6) is 0.0250. The molecule has 1 atom stereocenters. The van der Waals surface area contributed by atoms with Crippen molar-refractivity contribution in [2.24, 2.45) is 5.92 Å². The number of anilines is 2. The maximum Gasteiger partial charge on any atom is 0.227 e. The predicted molar refractivity (Wildman–Crippen MR) is 56.2 cm³/mol. The molecule has 1 aromatic rings. The van der Waals surface area contributed by atoms with Crippen LogP contribution in [-0.2, 0) is 4.79 Å². The van der Waals surface area contributed by atoms with Crippen molar-refractivity contribution in [1.29, 1.82) is 0 Å². The second-order valence-corrected chi connectivity index (χ2v) is 3.69. The van der Waals surface area contributed by atoms with Gasteiger partial charge in [0.1, 0.15) is 0 Å². The minimum absolute atomic E-state index is 0.00644. The van der Waals surface area contributed by atoms with Crippen LogP contribution in [0.5, 0.6) is 0 Å². The van der Waals surface area contributed by atoms with E-state index in [2.05, 4.69) is 4.98 Å². The topological polar surface area (TPSA) is 79.4 Å². The van der Waals surface area contributed by atoms with Crippen molar-refractivity contribution in [2.75, 3.05) is 23.8 Å². The van der Waals surface area contributed by atoms with Crippen LogP contribution in [0.2, 0.25) is 0 Å². The highest BCUT2D eigenvalue weighted by Gasteiger charge is 2.30. The number of rotatable bonds is 2. The van der Waals surface area contributed by atoms with Gasteiger partial charge in [-0.05, 0) is 6.07 Å². The zero-order valence-electron chi connectivity index (χ0n) is 8.26. The van der Waals surface area contributed by atoms with Crippen LogP contribution >= 0.6 is 0 Å². The van der Waals surface area contributed by atoms with E-state index in [0.717, 1.165) is 0 Å². The summed E-state index contributed by atoms with van der Waals surface area (Å²) in [4.78, 5) is 17.1. The summed E-state index contributed by atoms with van der Waals surface area (Å²) in [5.41, 5.74) is 6.91. The molecule has 80 valence electrons. The number of aromatic nitrogens is 1. The molecule has 0 aromatic carbocycles. The minimum atomic E-state index is 0.00644. The van der Waals surface area contributed by atoms with Gasteiger partial charge in [0.05, 0.1) is 17.6 Å². The Kier molecular flexibility index (Phi) is 2.55. The number of nitrogens with two attached hydrogens (primary N) is 1. The Labute approximate surface area is 87.5 Å². The Morgan fingerprint density at radius 1 is 1.67 bits per heavy atom. The zero-order chi connectivity index (χ0) is 10.8. The largest absolute Gasteiger partial charge is 0.396 e. The lowest BCUT2D eigenvalue weighted by Crippen LogP contribution is -2.25. The van der Waals surface area contributed by atoms with Crippen LogP contribution < -0.4 is 10.6 Å². The van der Waals surface area contributed by atoms with Crippen molar-refractivity contribution >= 4 is 17.3 Å². The van der Waals surface area contributed by atoms with Crippen LogP contribution in [0.25, 0.3) is 0 Å². The van der Waals surface area contributed by atoms with Gasteiger partial charge in [-0.3, -0.25) is 9.78 Å². The third-order valence-electron chi connectivity index (χ3n) is 2.58. The van der Waals surface area contributed by atoms with Crippen molar-refractivity contribution in [2.45, 2.75) is 6.42 Å². The molecule has 1 saturated heterocycles. The quantitative estimate of drug-likeness (QED) is 0.716. The van der Waals surface area contributed by atoms with E-state index in [1.807, 2.05) is 0 Å². The monoisotopic (exact) mass is 207 g/mol. The van der Waals surface area contributed by atoms with Crippen LogP contribution in [0.4, 0.5) is 11.4 Å². The zero-order valence-corrected chi connectivity index (χ0v) is 8.26. The van der Waals surface area contributed by atoms with Gasteiger partial charge in [0.2, 0.25) is 5.91 Å². The van der Waals surface area contributed by atoms with Gasteiger partial charge in [0, 0.05) is 31.7 Å². The van der Waals surface area contributed by atoms with E-state index < -0.39 is 0 Å². The number of nitrogen functional groups attached to an aromatic ring is 1. The maximum absolute atomic E-state index is 11.6. The Morgan fingerprint density at radius 3 is 3.07 bits per heavy atom. The normalized spacial score (nSPS) is 21.0. The molecule has 1 aromatic heterocycles. The van der Waals surface area contributed by atoms with Gasteiger partial charge in [-0.1, -0.05) is 0 Å². The van der Waals surface area contributed by atoms with E-state index in [0.29, 0.717) is 24.3 Å². The number of hydrogen-bond donors (Lipinski definition) is 2. The maximum atomic E-state index is 11.6. The molecule has 0 spiro atoms. The summed E-state index contributed by atoms with van der Waals surface area (Å²) in [6, 6.07) is 1.72. The number of nitrogens with zero attached hydrogens (tertiary/aromatic N) is 2. The van der Waals surface area contributed by atoms with E-state index in [-0.39, 0.29) is 18.4 Å². The summed E-state index contributed by atoms with van der Waals surface area (Å²) < 4.78 is 0. The molecule has 0 aliphatic carbocycles. The van der Waals surface area contributed by atoms with Crippen LogP contribution in [-0.4, -0.2) is 29.1 Å². The van der Waals surface area contributed by atoms with E-state index >= 15 is 0 Å². The predicted octanol–water partition coefficient (Wildman–Crippen LogP) is 0.00900. The first-order chi connectivity index (χ1) is 7.22. The summed E-state index contributed by atoms with van der Waals surface area (Å²) >= 11 is 0. The second-order valence-electron chi connectivity index (χ2n) is 3.69. The van der Waals surface area contributed by atoms with Gasteiger partial charge in [0.25, 0.3) is 0 Å². The van der Waals surface area contributed by atoms with E-state index in [4.69, 9.17) is 10.8 Å². The molecule has 0 bridgehead atoms. The minimum Gasteiger partial charge on any atom is -0.396 e. The Hall–Kier alpha value is -1.62. The molecule has 1 unspecified atom stereocenters. The average Bonchev–Trinajstić information content (AvgIpc) is 2.60. The van der Waals surface area contributed by atoms with Crippen molar-refractivity contribution in [1.82, 2.24) is 4.98 Å². The van der Waals surface area contributed by atoms with Gasteiger partial charge in [-0.15, -0.1) is 0 Å². The van der Waals surface area contributed by atoms with Gasteiger partial charge in [-0.2, -0.15) is 0 Å². The molecule has 2 rings (SSSR count). The molecule has 15 heavy (non-hydrogen) atoms. The SMILES string of the molecule is Nc1cnccc1N1CC(CO)CC1=O. The van der Waals surface area contributed by atoms with E-state index in [1.54, 1.807) is 17.2 Å². The standard InChI is InChI=1S/C10H13N3O2/c11-8-4-12-2-1-9(8)13-5-7(6-14)3-10(13)15/h1-2,4,7,14H,3,5-6,11H2. The van der Waals surface area contributed by atoms with E-state index in [1.165, 1.54) is 6.20 Å². The lowest BCUT2D eigenvalue weighted by atomic mass is 10.1. The highest BCUT2D eigenvalue weighted by atomic mass is 16.3. The second kappa shape index (κ2) is 3.86. The first-order valence-electron chi connectivity index (χ1n) is 4.83. The lowest BCUT2D eigenvalue weighted by molar-refractivity contribution is -0.117. The molecule has 1 aliphatic rings. The molecule has 2 heterocycles. The number of aliphatic hydroxyl groups excluding tert-OH is 1. The fourth-order valence-electron chi connectivity index (χ4n) is 1.78. The summed E-state index contributed by atoms with van der Waals surface area (Å²) in [6.45, 7) is 0.566. The highest BCUT2D eigenvalue weighted by molar-refractivity contribution is 5.98. The molecule has 0 saturated carbocycles. The summed E-state index contributed by atoms with van der Waals surface area (Å²) in [6.07, 6.45) is 3.51. The van der Waals surface area contributed by atoms with Crippen molar-refractivity contribution in [3.8, 4) is 0 Å². The summed E-state index contributed by atoms with van der Waals surface area (Å²) in [5, 5.41) is 9.00. The first-order valence-corrected chi connectivity index (χ1v) is 4.83. The van der Waals surface area contributed by atoms with Gasteiger partial charge >= 0.3 is 0 Å². The van der Waals surface area contributed by atoms with Crippen LogP contribution in [0.1, 0.15) is 6.42 Å². The Bertz CT molecular complexity index is 381. The van der Waals surface area contributed by atoms with Crippen molar-refractivity contribution in [3.63, 3.8) is 0 Å². The number of pyridine rings is 1. The number of carbonyl (C=O) groups is 1.